The molecule has 0 radical (unpaired) electrons. The topological polar surface area (TPSA) is 21.3 Å². The first kappa shape index (κ1) is 12.4. The van der Waals surface area contributed by atoms with Crippen molar-refractivity contribution in [1.29, 1.82) is 0 Å². The van der Waals surface area contributed by atoms with Gasteiger partial charge in [0.2, 0.25) is 0 Å². The Morgan fingerprint density at radius 2 is 2.12 bits per heavy atom. The highest BCUT2D eigenvalue weighted by molar-refractivity contribution is 5.27. The van der Waals surface area contributed by atoms with Crippen molar-refractivity contribution in [3.05, 3.63) is 29.8 Å². The average molecular weight is 237 g/mol. The van der Waals surface area contributed by atoms with Gasteiger partial charge in [-0.3, -0.25) is 0 Å². The quantitative estimate of drug-likeness (QED) is 0.872. The highest BCUT2D eigenvalue weighted by atomic mass is 19.1. The fourth-order valence-corrected chi connectivity index (χ4v) is 2.36. The lowest BCUT2D eigenvalue weighted by Gasteiger charge is -2.35. The van der Waals surface area contributed by atoms with E-state index in [1.54, 1.807) is 14.0 Å². The van der Waals surface area contributed by atoms with E-state index in [9.17, 15) is 4.39 Å². The predicted octanol–water partition coefficient (Wildman–Crippen LogP) is 2.58. The van der Waals surface area contributed by atoms with Crippen LogP contribution < -0.4 is 10.1 Å². The van der Waals surface area contributed by atoms with Crippen LogP contribution in [0.1, 0.15) is 18.9 Å². The number of alkyl halides is 1. The number of ether oxygens (including phenoxy) is 1. The molecule has 1 heterocycles. The molecule has 0 aliphatic carbocycles. The van der Waals surface area contributed by atoms with E-state index in [4.69, 9.17) is 4.74 Å². The molecule has 17 heavy (non-hydrogen) atoms. The molecule has 2 rings (SSSR count). The molecule has 94 valence electrons. The van der Waals surface area contributed by atoms with Crippen LogP contribution in [0.2, 0.25) is 0 Å². The summed E-state index contributed by atoms with van der Waals surface area (Å²) in [5.74, 6) is 0.906. The van der Waals surface area contributed by atoms with Gasteiger partial charge in [-0.15, -0.1) is 0 Å². The van der Waals surface area contributed by atoms with Crippen molar-refractivity contribution in [3.8, 4) is 5.75 Å². The summed E-state index contributed by atoms with van der Waals surface area (Å²) < 4.78 is 19.4. The van der Waals surface area contributed by atoms with E-state index in [1.165, 1.54) is 5.56 Å². The normalized spacial score (nSPS) is 29.0. The molecule has 1 aliphatic rings. The van der Waals surface area contributed by atoms with Gasteiger partial charge in [0.05, 0.1) is 7.11 Å². The second kappa shape index (κ2) is 5.05. The van der Waals surface area contributed by atoms with Crippen LogP contribution in [0.15, 0.2) is 24.3 Å². The number of rotatable bonds is 3. The molecule has 1 aliphatic heterocycles. The van der Waals surface area contributed by atoms with Crippen molar-refractivity contribution < 1.29 is 9.13 Å². The lowest BCUT2D eigenvalue weighted by Crippen LogP contribution is -2.46. The molecule has 1 aromatic rings. The smallest absolute Gasteiger partial charge is 0.118 e. The van der Waals surface area contributed by atoms with Crippen molar-refractivity contribution in [3.63, 3.8) is 0 Å². The molecule has 1 fully saturated rings. The van der Waals surface area contributed by atoms with Crippen molar-refractivity contribution >= 4 is 0 Å². The van der Waals surface area contributed by atoms with Crippen LogP contribution in [0.4, 0.5) is 4.39 Å². The third-order valence-electron chi connectivity index (χ3n) is 3.67. The Kier molecular flexibility index (Phi) is 3.67. The molecule has 1 aromatic carbocycles. The Balaban J connectivity index is 2.03. The summed E-state index contributed by atoms with van der Waals surface area (Å²) in [6.45, 7) is 3.27. The van der Waals surface area contributed by atoms with Gasteiger partial charge in [-0.1, -0.05) is 12.1 Å². The molecule has 3 heteroatoms. The summed E-state index contributed by atoms with van der Waals surface area (Å²) in [6, 6.07) is 7.90. The van der Waals surface area contributed by atoms with Gasteiger partial charge in [0, 0.05) is 12.5 Å². The molecule has 0 saturated carbocycles. The van der Waals surface area contributed by atoms with Gasteiger partial charge in [0.1, 0.15) is 11.4 Å². The average Bonchev–Trinajstić information content (AvgIpc) is 2.33. The maximum Gasteiger partial charge on any atom is 0.118 e. The lowest BCUT2D eigenvalue weighted by molar-refractivity contribution is 0.0676. The largest absolute Gasteiger partial charge is 0.497 e. The van der Waals surface area contributed by atoms with Gasteiger partial charge in [0.15, 0.2) is 0 Å². The Morgan fingerprint density at radius 3 is 2.71 bits per heavy atom. The molecule has 2 nitrogen and oxygen atoms in total. The van der Waals surface area contributed by atoms with Crippen molar-refractivity contribution in [2.45, 2.75) is 25.4 Å². The van der Waals surface area contributed by atoms with Crippen LogP contribution >= 0.6 is 0 Å². The molecule has 0 bridgehead atoms. The molecule has 2 atom stereocenters. The Morgan fingerprint density at radius 1 is 1.41 bits per heavy atom. The number of nitrogens with one attached hydrogen (secondary N) is 1. The van der Waals surface area contributed by atoms with Crippen molar-refractivity contribution in [2.75, 3.05) is 20.2 Å². The second-order valence-electron chi connectivity index (χ2n) is 4.98. The Hall–Kier alpha value is -1.09. The maximum absolute atomic E-state index is 14.3. The van der Waals surface area contributed by atoms with Crippen LogP contribution in [0, 0.1) is 5.92 Å². The summed E-state index contributed by atoms with van der Waals surface area (Å²) in [6.07, 6.45) is 1.39. The van der Waals surface area contributed by atoms with Crippen LogP contribution in [0.5, 0.6) is 5.75 Å². The summed E-state index contributed by atoms with van der Waals surface area (Å²) in [7, 11) is 1.65. The molecule has 1 N–H and O–H groups in total. The van der Waals surface area contributed by atoms with Crippen LogP contribution in [-0.4, -0.2) is 25.9 Å². The van der Waals surface area contributed by atoms with E-state index in [1.807, 2.05) is 24.3 Å². The van der Waals surface area contributed by atoms with Crippen LogP contribution in [-0.2, 0) is 6.42 Å². The van der Waals surface area contributed by atoms with E-state index in [-0.39, 0.29) is 5.92 Å². The van der Waals surface area contributed by atoms with Gasteiger partial charge in [-0.25, -0.2) is 4.39 Å². The minimum absolute atomic E-state index is 0.0599. The number of halogens is 1. The first-order chi connectivity index (χ1) is 8.12. The van der Waals surface area contributed by atoms with E-state index >= 15 is 0 Å². The predicted molar refractivity (Wildman–Crippen MR) is 67.2 cm³/mol. The number of methoxy groups -OCH3 is 1. The molecular formula is C14H20FNO. The summed E-state index contributed by atoms with van der Waals surface area (Å²) in [5.41, 5.74) is 0.119. The monoisotopic (exact) mass is 237 g/mol. The first-order valence-corrected chi connectivity index (χ1v) is 6.14. The number of hydrogen-bond donors (Lipinski definition) is 1. The van der Waals surface area contributed by atoms with E-state index in [0.29, 0.717) is 6.42 Å². The second-order valence-corrected chi connectivity index (χ2v) is 4.98. The minimum Gasteiger partial charge on any atom is -0.497 e. The Labute approximate surface area is 102 Å². The number of hydrogen-bond acceptors (Lipinski definition) is 2. The van der Waals surface area contributed by atoms with Gasteiger partial charge in [0.25, 0.3) is 0 Å². The Bertz CT molecular complexity index is 361. The van der Waals surface area contributed by atoms with Crippen molar-refractivity contribution in [1.82, 2.24) is 5.32 Å². The summed E-state index contributed by atoms with van der Waals surface area (Å²) in [4.78, 5) is 0. The van der Waals surface area contributed by atoms with Gasteiger partial charge in [-0.05, 0) is 44.0 Å². The van der Waals surface area contributed by atoms with Gasteiger partial charge < -0.3 is 10.1 Å². The SMILES string of the molecule is COc1ccc(CC2CNCCC2(C)F)cc1. The lowest BCUT2D eigenvalue weighted by atomic mass is 9.81. The highest BCUT2D eigenvalue weighted by Crippen LogP contribution is 2.31. The zero-order chi connectivity index (χ0) is 12.3. The fourth-order valence-electron chi connectivity index (χ4n) is 2.36. The third-order valence-corrected chi connectivity index (χ3v) is 3.67. The number of piperidine rings is 1. The standard InChI is InChI=1S/C14H20FNO/c1-14(15)7-8-16-10-12(14)9-11-3-5-13(17-2)6-4-11/h3-6,12,16H,7-10H2,1-2H3. The van der Waals surface area contributed by atoms with Gasteiger partial charge in [-0.2, -0.15) is 0 Å². The zero-order valence-electron chi connectivity index (χ0n) is 10.5. The van der Waals surface area contributed by atoms with E-state index in [2.05, 4.69) is 5.32 Å². The summed E-state index contributed by atoms with van der Waals surface area (Å²) in [5, 5.41) is 3.27. The molecular weight excluding hydrogens is 217 g/mol. The minimum atomic E-state index is -1.05. The van der Waals surface area contributed by atoms with E-state index in [0.717, 1.165) is 25.3 Å². The van der Waals surface area contributed by atoms with E-state index < -0.39 is 5.67 Å². The molecule has 0 amide bonds. The fraction of sp³-hybridized carbons (Fsp3) is 0.571. The van der Waals surface area contributed by atoms with Crippen LogP contribution in [0.3, 0.4) is 0 Å². The number of benzene rings is 1. The molecule has 2 unspecified atom stereocenters. The highest BCUT2D eigenvalue weighted by Gasteiger charge is 2.36. The maximum atomic E-state index is 14.3. The molecule has 0 aromatic heterocycles. The third kappa shape index (κ3) is 2.97. The molecule has 0 spiro atoms. The first-order valence-electron chi connectivity index (χ1n) is 6.14. The van der Waals surface area contributed by atoms with Gasteiger partial charge >= 0.3 is 0 Å². The summed E-state index contributed by atoms with van der Waals surface area (Å²) >= 11 is 0. The van der Waals surface area contributed by atoms with Crippen LogP contribution in [0.25, 0.3) is 0 Å². The zero-order valence-corrected chi connectivity index (χ0v) is 10.5. The van der Waals surface area contributed by atoms with Crippen molar-refractivity contribution in [2.24, 2.45) is 5.92 Å². The molecule has 1 saturated heterocycles.